The highest BCUT2D eigenvalue weighted by Gasteiger charge is 2.70. The number of H-pyrrole nitrogens is 1. The molecule has 39 heavy (non-hydrogen) atoms. The number of imide groups is 1. The number of ketones is 1. The molecular weight excluding hydrogens is 516 g/mol. The second kappa shape index (κ2) is 8.36. The molecule has 8 nitrogen and oxygen atoms in total. The lowest BCUT2D eigenvalue weighted by Crippen LogP contribution is -2.53. The number of fused-ring (bicyclic) bond motifs is 5. The lowest BCUT2D eigenvalue weighted by atomic mass is 9.76. The maximum atomic E-state index is 14.2. The number of amides is 3. The van der Waals surface area contributed by atoms with Crippen LogP contribution in [0, 0.1) is 11.8 Å². The number of carbonyl (C=O) groups excluding carboxylic acids is 4. The summed E-state index contributed by atoms with van der Waals surface area (Å²) in [6.07, 6.45) is 2.33. The third-order valence-corrected chi connectivity index (χ3v) is 8.66. The summed E-state index contributed by atoms with van der Waals surface area (Å²) in [5.74, 6) is -3.13. The minimum Gasteiger partial charge on any atom is -0.361 e. The van der Waals surface area contributed by atoms with Gasteiger partial charge in [0.05, 0.1) is 28.2 Å². The number of para-hydroxylation sites is 2. The Morgan fingerprint density at radius 2 is 1.74 bits per heavy atom. The van der Waals surface area contributed by atoms with Gasteiger partial charge in [-0.1, -0.05) is 41.9 Å². The summed E-state index contributed by atoms with van der Waals surface area (Å²) in [5.41, 5.74) is 2.35. The zero-order valence-electron chi connectivity index (χ0n) is 20.8. The van der Waals surface area contributed by atoms with E-state index >= 15 is 0 Å². The van der Waals surface area contributed by atoms with Crippen LogP contribution in [0.25, 0.3) is 10.9 Å². The van der Waals surface area contributed by atoms with Crippen molar-refractivity contribution in [3.8, 4) is 0 Å². The van der Waals surface area contributed by atoms with Crippen molar-refractivity contribution < 1.29 is 19.2 Å². The minimum absolute atomic E-state index is 0.115. The predicted molar refractivity (Wildman–Crippen MR) is 147 cm³/mol. The molecule has 3 aromatic carbocycles. The molecule has 3 aliphatic rings. The molecule has 1 spiro atoms. The van der Waals surface area contributed by atoms with Gasteiger partial charge in [0, 0.05) is 34.3 Å². The molecule has 3 aliphatic heterocycles. The number of benzene rings is 3. The molecule has 3 amide bonds. The SMILES string of the molecule is CC(=O)c1ccc(N2C(=O)[C@H]3[C@@H](C2=O)[C@]2(N[C@@H]3Cc3c[nH]c4ccccc34)C(=O)Nc3c(Cl)cccc32)cc1. The van der Waals surface area contributed by atoms with Gasteiger partial charge in [-0.15, -0.1) is 0 Å². The monoisotopic (exact) mass is 538 g/mol. The van der Waals surface area contributed by atoms with Crippen molar-refractivity contribution in [1.29, 1.82) is 0 Å². The number of nitrogens with one attached hydrogen (secondary N) is 3. The number of carbonyl (C=O) groups is 4. The van der Waals surface area contributed by atoms with Gasteiger partial charge >= 0.3 is 0 Å². The van der Waals surface area contributed by atoms with Crippen LogP contribution in [0.3, 0.4) is 0 Å². The largest absolute Gasteiger partial charge is 0.361 e. The molecule has 0 saturated carbocycles. The summed E-state index contributed by atoms with van der Waals surface area (Å²) in [5, 5.41) is 7.72. The first-order chi connectivity index (χ1) is 18.8. The Hall–Kier alpha value is -4.27. The van der Waals surface area contributed by atoms with E-state index in [1.165, 1.54) is 11.8 Å². The van der Waals surface area contributed by atoms with Crippen LogP contribution in [0.1, 0.15) is 28.4 Å². The Morgan fingerprint density at radius 1 is 0.974 bits per heavy atom. The summed E-state index contributed by atoms with van der Waals surface area (Å²) in [4.78, 5) is 58.2. The van der Waals surface area contributed by atoms with Crippen LogP contribution in [0.2, 0.25) is 5.02 Å². The Morgan fingerprint density at radius 3 is 2.51 bits per heavy atom. The molecule has 4 heterocycles. The van der Waals surface area contributed by atoms with Crippen molar-refractivity contribution in [2.24, 2.45) is 11.8 Å². The number of halogens is 1. The number of rotatable bonds is 4. The fourth-order valence-corrected chi connectivity index (χ4v) is 6.83. The molecule has 4 atom stereocenters. The summed E-state index contributed by atoms with van der Waals surface area (Å²) in [6.45, 7) is 1.46. The lowest BCUT2D eigenvalue weighted by molar-refractivity contribution is -0.130. The average molecular weight is 539 g/mol. The van der Waals surface area contributed by atoms with Crippen LogP contribution >= 0.6 is 11.6 Å². The zero-order chi connectivity index (χ0) is 27.1. The van der Waals surface area contributed by atoms with Gasteiger partial charge in [-0.3, -0.25) is 24.5 Å². The maximum absolute atomic E-state index is 14.2. The first-order valence-corrected chi connectivity index (χ1v) is 13.1. The quantitative estimate of drug-likeness (QED) is 0.266. The minimum atomic E-state index is -1.46. The summed E-state index contributed by atoms with van der Waals surface area (Å²) >= 11 is 6.45. The Balaban J connectivity index is 1.37. The Bertz CT molecular complexity index is 1730. The number of hydrogen-bond donors (Lipinski definition) is 3. The van der Waals surface area contributed by atoms with Crippen LogP contribution in [0.15, 0.2) is 72.9 Å². The van der Waals surface area contributed by atoms with Gasteiger partial charge in [0.25, 0.3) is 0 Å². The number of hydrogen-bond acceptors (Lipinski definition) is 5. The fraction of sp³-hybridized carbons (Fsp3) is 0.200. The molecule has 3 N–H and O–H groups in total. The topological polar surface area (TPSA) is 111 Å². The van der Waals surface area contributed by atoms with Crippen molar-refractivity contribution >= 4 is 57.4 Å². The normalized spacial score (nSPS) is 25.4. The number of anilines is 2. The van der Waals surface area contributed by atoms with E-state index in [9.17, 15) is 19.2 Å². The molecule has 2 saturated heterocycles. The van der Waals surface area contributed by atoms with Gasteiger partial charge in [-0.2, -0.15) is 0 Å². The number of aromatic amines is 1. The maximum Gasteiger partial charge on any atom is 0.250 e. The average Bonchev–Trinajstić information content (AvgIpc) is 3.64. The lowest BCUT2D eigenvalue weighted by Gasteiger charge is -2.29. The summed E-state index contributed by atoms with van der Waals surface area (Å²) in [6, 6.07) is 19.0. The molecule has 4 aromatic rings. The molecule has 2 fully saturated rings. The van der Waals surface area contributed by atoms with Gasteiger partial charge in [-0.05, 0) is 55.3 Å². The van der Waals surface area contributed by atoms with Crippen LogP contribution in [0.5, 0.6) is 0 Å². The highest BCUT2D eigenvalue weighted by atomic mass is 35.5. The third kappa shape index (κ3) is 3.22. The van der Waals surface area contributed by atoms with E-state index < -0.39 is 35.2 Å². The van der Waals surface area contributed by atoms with Crippen LogP contribution in [-0.2, 0) is 26.3 Å². The molecule has 0 aliphatic carbocycles. The Kier molecular flexibility index (Phi) is 5.11. The van der Waals surface area contributed by atoms with Gasteiger partial charge in [-0.25, -0.2) is 4.90 Å². The summed E-state index contributed by atoms with van der Waals surface area (Å²) < 4.78 is 0. The van der Waals surface area contributed by atoms with Crippen molar-refractivity contribution in [3.05, 3.63) is 94.6 Å². The molecule has 7 rings (SSSR count). The van der Waals surface area contributed by atoms with E-state index in [0.717, 1.165) is 16.5 Å². The summed E-state index contributed by atoms with van der Waals surface area (Å²) in [7, 11) is 0. The molecule has 194 valence electrons. The third-order valence-electron chi connectivity index (χ3n) is 8.35. The van der Waals surface area contributed by atoms with Crippen LogP contribution in [0.4, 0.5) is 11.4 Å². The van der Waals surface area contributed by atoms with E-state index in [4.69, 9.17) is 11.6 Å². The van der Waals surface area contributed by atoms with Gasteiger partial charge in [0.1, 0.15) is 5.54 Å². The molecule has 0 radical (unpaired) electrons. The van der Waals surface area contributed by atoms with Crippen molar-refractivity contribution in [2.45, 2.75) is 24.9 Å². The molecule has 0 bridgehead atoms. The van der Waals surface area contributed by atoms with Crippen molar-refractivity contribution in [2.75, 3.05) is 10.2 Å². The Labute approximate surface area is 228 Å². The van der Waals surface area contributed by atoms with Crippen molar-refractivity contribution in [1.82, 2.24) is 10.3 Å². The highest BCUT2D eigenvalue weighted by Crippen LogP contribution is 2.55. The first-order valence-electron chi connectivity index (χ1n) is 12.7. The molecule has 1 aromatic heterocycles. The van der Waals surface area contributed by atoms with E-state index in [1.54, 1.807) is 42.5 Å². The first kappa shape index (κ1) is 23.8. The number of nitrogens with zero attached hydrogens (tertiary/aromatic N) is 1. The number of Topliss-reactive ketones (excluding diaryl/α,β-unsaturated/α-hetero) is 1. The highest BCUT2D eigenvalue weighted by molar-refractivity contribution is 6.35. The van der Waals surface area contributed by atoms with E-state index in [2.05, 4.69) is 15.6 Å². The molecular formula is C30H23ClN4O4. The number of aromatic nitrogens is 1. The fourth-order valence-electron chi connectivity index (χ4n) is 6.61. The van der Waals surface area contributed by atoms with Crippen molar-refractivity contribution in [3.63, 3.8) is 0 Å². The van der Waals surface area contributed by atoms with Gasteiger partial charge in [0.15, 0.2) is 5.78 Å². The standard InChI is InChI=1S/C30H23ClN4O4/c1-15(36)16-9-11-18(12-10-16)35-27(37)24-23(13-17-14-32-22-8-3-2-5-19(17)22)34-30(25(24)28(35)38)20-6-4-7-21(31)26(20)33-29(30)39/h2-12,14,23-25,32,34H,13H2,1H3,(H,33,39)/t23-,24-,25+,30+/m1/s1. The second-order valence-electron chi connectivity index (χ2n) is 10.4. The van der Waals surface area contributed by atoms with E-state index in [-0.39, 0.29) is 11.7 Å². The van der Waals surface area contributed by atoms with Gasteiger partial charge in [0.2, 0.25) is 17.7 Å². The van der Waals surface area contributed by atoms with Crippen LogP contribution in [-0.4, -0.2) is 34.5 Å². The second-order valence-corrected chi connectivity index (χ2v) is 10.8. The van der Waals surface area contributed by atoms with Crippen LogP contribution < -0.4 is 15.5 Å². The van der Waals surface area contributed by atoms with E-state index in [1.807, 2.05) is 30.5 Å². The molecule has 0 unspecified atom stereocenters. The smallest absolute Gasteiger partial charge is 0.250 e. The van der Waals surface area contributed by atoms with Gasteiger partial charge < -0.3 is 10.3 Å². The van der Waals surface area contributed by atoms with E-state index in [0.29, 0.717) is 33.9 Å². The predicted octanol–water partition coefficient (Wildman–Crippen LogP) is 4.19. The molecule has 9 heteroatoms. The zero-order valence-corrected chi connectivity index (χ0v) is 21.6.